The largest absolute Gasteiger partial charge is 0.395 e. The molecule has 9 heteroatoms. The topological polar surface area (TPSA) is 109 Å². The highest BCUT2D eigenvalue weighted by Crippen LogP contribution is 2.60. The second-order valence-corrected chi connectivity index (χ2v) is 14.7. The number of hydrogen-bond acceptors (Lipinski definition) is 8. The SMILES string of the molecule is N#Cc1cnc(NCc2ccccc2Cl)nc1NCC12CC3C[C@H](C1)C(NC1CCC(N4CCC[C@@H]4CO)CC1)[C@@H](C3)C2. The van der Waals surface area contributed by atoms with Crippen LogP contribution < -0.4 is 16.0 Å². The zero-order chi connectivity index (χ0) is 29.4. The van der Waals surface area contributed by atoms with Gasteiger partial charge in [-0.3, -0.25) is 4.90 Å². The third-order valence-electron chi connectivity index (χ3n) is 11.6. The van der Waals surface area contributed by atoms with E-state index in [1.54, 1.807) is 6.20 Å². The Morgan fingerprint density at radius 3 is 2.58 bits per heavy atom. The molecule has 43 heavy (non-hydrogen) atoms. The van der Waals surface area contributed by atoms with Crippen LogP contribution in [0.15, 0.2) is 30.5 Å². The average molecular weight is 604 g/mol. The maximum Gasteiger partial charge on any atom is 0.224 e. The summed E-state index contributed by atoms with van der Waals surface area (Å²) in [7, 11) is 0. The number of rotatable bonds is 10. The first kappa shape index (κ1) is 29.3. The van der Waals surface area contributed by atoms with Gasteiger partial charge in [-0.1, -0.05) is 29.8 Å². The minimum absolute atomic E-state index is 0.282. The lowest BCUT2D eigenvalue weighted by Gasteiger charge is -2.61. The van der Waals surface area contributed by atoms with Crippen molar-refractivity contribution < 1.29 is 5.11 Å². The second-order valence-electron chi connectivity index (χ2n) is 14.3. The summed E-state index contributed by atoms with van der Waals surface area (Å²) < 4.78 is 0. The predicted octanol–water partition coefficient (Wildman–Crippen LogP) is 5.58. The molecule has 6 atom stereocenters. The lowest BCUT2D eigenvalue weighted by atomic mass is 9.47. The van der Waals surface area contributed by atoms with E-state index in [4.69, 9.17) is 16.6 Å². The summed E-state index contributed by atoms with van der Waals surface area (Å²) in [6, 6.07) is 12.4. The quantitative estimate of drug-likeness (QED) is 0.279. The number of nitrogens with one attached hydrogen (secondary N) is 3. The molecule has 230 valence electrons. The van der Waals surface area contributed by atoms with E-state index < -0.39 is 0 Å². The first-order chi connectivity index (χ1) is 21.0. The van der Waals surface area contributed by atoms with Crippen molar-refractivity contribution in [2.45, 2.75) is 101 Å². The maximum absolute atomic E-state index is 9.80. The van der Waals surface area contributed by atoms with E-state index in [0.717, 1.165) is 36.3 Å². The number of nitrogens with zero attached hydrogens (tertiary/aromatic N) is 4. The van der Waals surface area contributed by atoms with Crippen molar-refractivity contribution in [3.05, 3.63) is 46.6 Å². The Labute approximate surface area is 261 Å². The maximum atomic E-state index is 9.80. The van der Waals surface area contributed by atoms with Gasteiger partial charge in [0.25, 0.3) is 0 Å². The van der Waals surface area contributed by atoms with Gasteiger partial charge in [-0.25, -0.2) is 4.98 Å². The smallest absolute Gasteiger partial charge is 0.224 e. The molecule has 0 spiro atoms. The van der Waals surface area contributed by atoms with Gasteiger partial charge >= 0.3 is 0 Å². The molecule has 1 aromatic heterocycles. The molecule has 0 amide bonds. The van der Waals surface area contributed by atoms with Crippen molar-refractivity contribution in [2.75, 3.05) is 30.3 Å². The van der Waals surface area contributed by atoms with E-state index in [0.29, 0.717) is 59.7 Å². The zero-order valence-electron chi connectivity index (χ0n) is 25.1. The summed E-state index contributed by atoms with van der Waals surface area (Å²) in [6.07, 6.45) is 15.6. The highest BCUT2D eigenvalue weighted by atomic mass is 35.5. The fourth-order valence-electron chi connectivity index (χ4n) is 9.83. The van der Waals surface area contributed by atoms with E-state index in [9.17, 15) is 10.4 Å². The van der Waals surface area contributed by atoms with Gasteiger partial charge < -0.3 is 21.1 Å². The summed E-state index contributed by atoms with van der Waals surface area (Å²) in [5.74, 6) is 3.45. The minimum Gasteiger partial charge on any atom is -0.395 e. The molecule has 1 saturated heterocycles. The predicted molar refractivity (Wildman–Crippen MR) is 170 cm³/mol. The number of likely N-dealkylation sites (tertiary alicyclic amines) is 1. The molecular formula is C34H46ClN7O. The molecular weight excluding hydrogens is 558 g/mol. The van der Waals surface area contributed by atoms with E-state index in [-0.39, 0.29) is 5.41 Å². The van der Waals surface area contributed by atoms with Crippen molar-refractivity contribution in [1.82, 2.24) is 20.2 Å². The van der Waals surface area contributed by atoms with Gasteiger partial charge in [0.1, 0.15) is 17.5 Å². The van der Waals surface area contributed by atoms with Crippen LogP contribution in [0.1, 0.15) is 81.8 Å². The number of nitriles is 1. The fourth-order valence-corrected chi connectivity index (χ4v) is 10.0. The van der Waals surface area contributed by atoms with Crippen LogP contribution in [-0.2, 0) is 6.54 Å². The molecule has 1 aliphatic heterocycles. The molecule has 6 fully saturated rings. The molecule has 3 unspecified atom stereocenters. The number of benzene rings is 1. The minimum atomic E-state index is 0.282. The van der Waals surface area contributed by atoms with Gasteiger partial charge in [0.05, 0.1) is 12.8 Å². The molecule has 5 saturated carbocycles. The van der Waals surface area contributed by atoms with Crippen LogP contribution in [0.3, 0.4) is 0 Å². The van der Waals surface area contributed by atoms with Crippen LogP contribution >= 0.6 is 11.6 Å². The Kier molecular flexibility index (Phi) is 8.52. The molecule has 8 nitrogen and oxygen atoms in total. The molecule has 4 N–H and O–H groups in total. The van der Waals surface area contributed by atoms with Crippen LogP contribution in [0.2, 0.25) is 5.02 Å². The summed E-state index contributed by atoms with van der Waals surface area (Å²) in [5, 5.41) is 31.4. The summed E-state index contributed by atoms with van der Waals surface area (Å²) in [4.78, 5) is 11.7. The van der Waals surface area contributed by atoms with Crippen molar-refractivity contribution in [3.63, 3.8) is 0 Å². The molecule has 1 aromatic carbocycles. The molecule has 2 heterocycles. The highest BCUT2D eigenvalue weighted by molar-refractivity contribution is 6.31. The van der Waals surface area contributed by atoms with E-state index in [1.807, 2.05) is 24.3 Å². The molecule has 8 rings (SSSR count). The number of anilines is 2. The first-order valence-corrected chi connectivity index (χ1v) is 17.0. The van der Waals surface area contributed by atoms with E-state index in [2.05, 4.69) is 31.9 Å². The van der Waals surface area contributed by atoms with Gasteiger partial charge in [-0.2, -0.15) is 10.2 Å². The van der Waals surface area contributed by atoms with Crippen LogP contribution in [0, 0.1) is 34.5 Å². The van der Waals surface area contributed by atoms with Crippen molar-refractivity contribution in [3.8, 4) is 6.07 Å². The number of aliphatic hydroxyl groups is 1. The Hall–Kier alpha value is -2.44. The molecule has 6 aliphatic rings. The molecule has 4 bridgehead atoms. The van der Waals surface area contributed by atoms with Gasteiger partial charge in [-0.15, -0.1) is 0 Å². The summed E-state index contributed by atoms with van der Waals surface area (Å²) in [6.45, 7) is 2.88. The standard InChI is InChI=1S/C34H46ClN7O/c35-30-6-2-1-4-23(30)18-37-33-38-19-26(17-36)32(41-33)39-21-34-14-22-12-24(15-34)31(25(13-22)16-34)40-27-7-9-28(10-8-27)42-11-3-5-29(42)20-43/h1-2,4,6,19,22,24-25,27-29,31,40,43H,3,5,7-16,18,20-21H2,(H2,37,38,39,41)/t22?,24-,25+,27?,28?,29-,31?,34?/m1/s1. The Morgan fingerprint density at radius 1 is 1.05 bits per heavy atom. The highest BCUT2D eigenvalue weighted by Gasteiger charge is 2.55. The monoisotopic (exact) mass is 603 g/mol. The second kappa shape index (κ2) is 12.5. The lowest BCUT2D eigenvalue weighted by Crippen LogP contribution is -2.61. The zero-order valence-corrected chi connectivity index (χ0v) is 25.9. The number of aromatic nitrogens is 2. The van der Waals surface area contributed by atoms with E-state index >= 15 is 0 Å². The van der Waals surface area contributed by atoms with Gasteiger partial charge in [0.15, 0.2) is 0 Å². The van der Waals surface area contributed by atoms with E-state index in [1.165, 1.54) is 70.8 Å². The van der Waals surface area contributed by atoms with Crippen LogP contribution in [-0.4, -0.2) is 63.8 Å². The van der Waals surface area contributed by atoms with Crippen molar-refractivity contribution >= 4 is 23.4 Å². The molecule has 2 aromatic rings. The van der Waals surface area contributed by atoms with Crippen LogP contribution in [0.25, 0.3) is 0 Å². The number of halogens is 1. The summed E-state index contributed by atoms with van der Waals surface area (Å²) in [5.41, 5.74) is 1.75. The van der Waals surface area contributed by atoms with Crippen molar-refractivity contribution in [1.29, 1.82) is 5.26 Å². The normalized spacial score (nSPS) is 35.1. The average Bonchev–Trinajstić information content (AvgIpc) is 3.51. The lowest BCUT2D eigenvalue weighted by molar-refractivity contribution is -0.0735. The van der Waals surface area contributed by atoms with Crippen molar-refractivity contribution in [2.24, 2.45) is 23.2 Å². The Balaban J connectivity index is 0.955. The van der Waals surface area contributed by atoms with Gasteiger partial charge in [-0.05, 0) is 112 Å². The fraction of sp³-hybridized carbons (Fsp3) is 0.676. The third-order valence-corrected chi connectivity index (χ3v) is 11.9. The number of aliphatic hydroxyl groups excluding tert-OH is 1. The van der Waals surface area contributed by atoms with Gasteiger partial charge in [0, 0.05) is 42.3 Å². The van der Waals surface area contributed by atoms with Crippen LogP contribution in [0.5, 0.6) is 0 Å². The summed E-state index contributed by atoms with van der Waals surface area (Å²) >= 11 is 6.32. The molecule has 5 aliphatic carbocycles. The van der Waals surface area contributed by atoms with Gasteiger partial charge in [0.2, 0.25) is 5.95 Å². The first-order valence-electron chi connectivity index (χ1n) is 16.6. The Bertz CT molecular complexity index is 1310. The van der Waals surface area contributed by atoms with Crippen LogP contribution in [0.4, 0.5) is 11.8 Å². The third kappa shape index (κ3) is 6.11. The molecule has 0 radical (unpaired) electrons. The Morgan fingerprint density at radius 2 is 1.84 bits per heavy atom. The number of hydrogen-bond donors (Lipinski definition) is 4.